The van der Waals surface area contributed by atoms with Crippen molar-refractivity contribution in [3.63, 3.8) is 0 Å². The van der Waals surface area contributed by atoms with Crippen LogP contribution < -0.4 is 0 Å². The van der Waals surface area contributed by atoms with Crippen LogP contribution in [0.15, 0.2) is 6.07 Å². The SMILES string of the molecule is CCCn1c(C(=O)OCC)cc([N+](=O)[O-])c1CC. The summed E-state index contributed by atoms with van der Waals surface area (Å²) < 4.78 is 6.62. The lowest BCUT2D eigenvalue weighted by Gasteiger charge is -2.09. The fourth-order valence-corrected chi connectivity index (χ4v) is 1.96. The molecule has 1 rings (SSSR count). The fraction of sp³-hybridized carbons (Fsp3) is 0.583. The number of rotatable bonds is 6. The molecular formula is C12H18N2O4. The highest BCUT2D eigenvalue weighted by atomic mass is 16.6. The van der Waals surface area contributed by atoms with Gasteiger partial charge in [-0.1, -0.05) is 13.8 Å². The van der Waals surface area contributed by atoms with E-state index in [9.17, 15) is 14.9 Å². The van der Waals surface area contributed by atoms with Crippen LogP contribution in [0.2, 0.25) is 0 Å². The fourth-order valence-electron chi connectivity index (χ4n) is 1.96. The van der Waals surface area contributed by atoms with Gasteiger partial charge in [0.15, 0.2) is 0 Å². The summed E-state index contributed by atoms with van der Waals surface area (Å²) in [6.45, 7) is 6.33. The standard InChI is InChI=1S/C12H18N2O4/c1-4-7-13-9(5-2)10(14(16)17)8-11(13)12(15)18-6-3/h8H,4-7H2,1-3H3. The second-order valence-electron chi connectivity index (χ2n) is 3.84. The quantitative estimate of drug-likeness (QED) is 0.444. The van der Waals surface area contributed by atoms with Crippen molar-refractivity contribution in [2.24, 2.45) is 0 Å². The number of hydrogen-bond donors (Lipinski definition) is 0. The van der Waals surface area contributed by atoms with Crippen molar-refractivity contribution in [3.05, 3.63) is 27.6 Å². The van der Waals surface area contributed by atoms with Gasteiger partial charge in [-0.15, -0.1) is 0 Å². The lowest BCUT2D eigenvalue weighted by Crippen LogP contribution is -2.14. The first-order valence-electron chi connectivity index (χ1n) is 6.10. The highest BCUT2D eigenvalue weighted by Gasteiger charge is 2.25. The second-order valence-corrected chi connectivity index (χ2v) is 3.84. The molecule has 0 aliphatic heterocycles. The minimum atomic E-state index is -0.506. The minimum absolute atomic E-state index is 0.00555. The molecule has 6 heteroatoms. The molecule has 0 atom stereocenters. The Hall–Kier alpha value is -1.85. The summed E-state index contributed by atoms with van der Waals surface area (Å²) in [5, 5.41) is 11.0. The zero-order valence-corrected chi connectivity index (χ0v) is 10.9. The molecule has 0 N–H and O–H groups in total. The number of carbonyl (C=O) groups excluding carboxylic acids is 1. The number of aromatic nitrogens is 1. The molecule has 18 heavy (non-hydrogen) atoms. The molecule has 0 unspecified atom stereocenters. The van der Waals surface area contributed by atoms with Crippen molar-refractivity contribution in [3.8, 4) is 0 Å². The predicted octanol–water partition coefficient (Wildman–Crippen LogP) is 2.55. The van der Waals surface area contributed by atoms with Gasteiger partial charge in [0.25, 0.3) is 5.69 Å². The van der Waals surface area contributed by atoms with Gasteiger partial charge in [0.1, 0.15) is 5.69 Å². The van der Waals surface area contributed by atoms with Crippen molar-refractivity contribution in [1.82, 2.24) is 4.57 Å². The van der Waals surface area contributed by atoms with Gasteiger partial charge in [0.05, 0.1) is 17.2 Å². The van der Waals surface area contributed by atoms with E-state index in [1.165, 1.54) is 6.07 Å². The third kappa shape index (κ3) is 2.69. The number of carbonyl (C=O) groups is 1. The summed E-state index contributed by atoms with van der Waals surface area (Å²) in [5.41, 5.74) is 0.834. The highest BCUT2D eigenvalue weighted by molar-refractivity contribution is 5.89. The van der Waals surface area contributed by atoms with Crippen LogP contribution in [0.25, 0.3) is 0 Å². The van der Waals surface area contributed by atoms with Crippen molar-refractivity contribution >= 4 is 11.7 Å². The molecule has 0 radical (unpaired) electrons. The van der Waals surface area contributed by atoms with Crippen molar-refractivity contribution in [2.45, 2.75) is 40.2 Å². The van der Waals surface area contributed by atoms with Crippen LogP contribution in [0.1, 0.15) is 43.4 Å². The molecule has 0 aromatic carbocycles. The molecular weight excluding hydrogens is 236 g/mol. The molecule has 0 aliphatic rings. The number of hydrogen-bond acceptors (Lipinski definition) is 4. The van der Waals surface area contributed by atoms with Crippen LogP contribution >= 0.6 is 0 Å². The Labute approximate surface area is 106 Å². The lowest BCUT2D eigenvalue weighted by molar-refractivity contribution is -0.385. The van der Waals surface area contributed by atoms with Gasteiger partial charge < -0.3 is 9.30 Å². The van der Waals surface area contributed by atoms with Gasteiger partial charge in [-0.25, -0.2) is 4.79 Å². The molecule has 1 aromatic heterocycles. The Morgan fingerprint density at radius 1 is 1.44 bits per heavy atom. The maximum absolute atomic E-state index is 11.8. The molecule has 0 saturated carbocycles. The average Bonchev–Trinajstić information content (AvgIpc) is 2.68. The number of esters is 1. The normalized spacial score (nSPS) is 10.4. The number of ether oxygens (including phenoxy) is 1. The van der Waals surface area contributed by atoms with Crippen LogP contribution in [0, 0.1) is 10.1 Å². The van der Waals surface area contributed by atoms with E-state index in [0.717, 1.165) is 6.42 Å². The van der Waals surface area contributed by atoms with Gasteiger partial charge in [-0.3, -0.25) is 10.1 Å². The summed E-state index contributed by atoms with van der Waals surface area (Å²) in [4.78, 5) is 22.3. The smallest absolute Gasteiger partial charge is 0.355 e. The van der Waals surface area contributed by atoms with Gasteiger partial charge in [-0.05, 0) is 19.8 Å². The van der Waals surface area contributed by atoms with Gasteiger partial charge in [0, 0.05) is 12.6 Å². The van der Waals surface area contributed by atoms with E-state index in [2.05, 4.69) is 0 Å². The largest absolute Gasteiger partial charge is 0.461 e. The minimum Gasteiger partial charge on any atom is -0.461 e. The number of nitro groups is 1. The van der Waals surface area contributed by atoms with E-state index in [-0.39, 0.29) is 18.0 Å². The van der Waals surface area contributed by atoms with E-state index in [1.807, 2.05) is 13.8 Å². The molecule has 0 amide bonds. The van der Waals surface area contributed by atoms with E-state index >= 15 is 0 Å². The maximum atomic E-state index is 11.8. The number of nitrogens with zero attached hydrogens (tertiary/aromatic N) is 2. The van der Waals surface area contributed by atoms with Crippen LogP contribution in [0.4, 0.5) is 5.69 Å². The van der Waals surface area contributed by atoms with Crippen molar-refractivity contribution in [2.75, 3.05) is 6.61 Å². The van der Waals surface area contributed by atoms with E-state index in [1.54, 1.807) is 11.5 Å². The third-order valence-corrected chi connectivity index (χ3v) is 2.65. The maximum Gasteiger partial charge on any atom is 0.355 e. The molecule has 1 heterocycles. The van der Waals surface area contributed by atoms with Crippen LogP contribution in [-0.2, 0) is 17.7 Å². The average molecular weight is 254 g/mol. The van der Waals surface area contributed by atoms with Crippen LogP contribution in [-0.4, -0.2) is 22.1 Å². The first kappa shape index (κ1) is 14.2. The third-order valence-electron chi connectivity index (χ3n) is 2.65. The Kier molecular flexibility index (Phi) is 4.88. The Morgan fingerprint density at radius 2 is 2.11 bits per heavy atom. The molecule has 0 fully saturated rings. The lowest BCUT2D eigenvalue weighted by atomic mass is 10.3. The Balaban J connectivity index is 3.31. The first-order chi connectivity index (χ1) is 8.56. The van der Waals surface area contributed by atoms with Crippen LogP contribution in [0.3, 0.4) is 0 Å². The summed E-state index contributed by atoms with van der Waals surface area (Å²) in [5.74, 6) is -0.506. The van der Waals surface area contributed by atoms with E-state index in [4.69, 9.17) is 4.74 Å². The zero-order chi connectivity index (χ0) is 13.7. The van der Waals surface area contributed by atoms with Gasteiger partial charge in [0.2, 0.25) is 0 Å². The molecule has 100 valence electrons. The summed E-state index contributed by atoms with van der Waals surface area (Å²) >= 11 is 0. The van der Waals surface area contributed by atoms with E-state index in [0.29, 0.717) is 18.7 Å². The zero-order valence-electron chi connectivity index (χ0n) is 10.9. The summed E-state index contributed by atoms with van der Waals surface area (Å²) in [6, 6.07) is 1.31. The molecule has 1 aromatic rings. The van der Waals surface area contributed by atoms with Gasteiger partial charge in [-0.2, -0.15) is 0 Å². The monoisotopic (exact) mass is 254 g/mol. The molecule has 0 bridgehead atoms. The topological polar surface area (TPSA) is 74.4 Å². The molecule has 0 saturated heterocycles. The molecule has 6 nitrogen and oxygen atoms in total. The highest BCUT2D eigenvalue weighted by Crippen LogP contribution is 2.25. The second kappa shape index (κ2) is 6.18. The Bertz CT molecular complexity index is 451. The summed E-state index contributed by atoms with van der Waals surface area (Å²) in [6.07, 6.45) is 1.31. The predicted molar refractivity (Wildman–Crippen MR) is 66.7 cm³/mol. The van der Waals surface area contributed by atoms with Crippen molar-refractivity contribution in [1.29, 1.82) is 0 Å². The van der Waals surface area contributed by atoms with E-state index < -0.39 is 10.9 Å². The molecule has 0 aliphatic carbocycles. The van der Waals surface area contributed by atoms with Gasteiger partial charge >= 0.3 is 5.97 Å². The first-order valence-corrected chi connectivity index (χ1v) is 6.10. The Morgan fingerprint density at radius 3 is 2.56 bits per heavy atom. The van der Waals surface area contributed by atoms with Crippen molar-refractivity contribution < 1.29 is 14.5 Å². The van der Waals surface area contributed by atoms with Crippen LogP contribution in [0.5, 0.6) is 0 Å². The molecule has 0 spiro atoms. The summed E-state index contributed by atoms with van der Waals surface area (Å²) in [7, 11) is 0.